The second kappa shape index (κ2) is 3.60. The normalized spacial score (nSPS) is 20.2. The molecule has 1 nitrogen and oxygen atoms in total. The van der Waals surface area contributed by atoms with E-state index >= 15 is 0 Å². The van der Waals surface area contributed by atoms with Crippen LogP contribution in [-0.4, -0.2) is 5.78 Å². The number of hydrogen-bond donors (Lipinski definition) is 0. The van der Waals surface area contributed by atoms with E-state index < -0.39 is 0 Å². The Morgan fingerprint density at radius 1 is 1.33 bits per heavy atom. The molecule has 1 aliphatic carbocycles. The van der Waals surface area contributed by atoms with E-state index in [0.717, 1.165) is 6.42 Å². The van der Waals surface area contributed by atoms with Gasteiger partial charge in [0.1, 0.15) is 0 Å². The molecule has 0 bridgehead atoms. The molecule has 0 saturated carbocycles. The zero-order chi connectivity index (χ0) is 11.1. The lowest BCUT2D eigenvalue weighted by atomic mass is 9.76. The Bertz CT molecular complexity index is 423. The minimum Gasteiger partial charge on any atom is -0.295 e. The summed E-state index contributed by atoms with van der Waals surface area (Å²) in [5, 5.41) is 2.09. The maximum Gasteiger partial charge on any atom is 0.156 e. The third kappa shape index (κ3) is 2.20. The molecule has 0 aliphatic heterocycles. The predicted octanol–water partition coefficient (Wildman–Crippen LogP) is 3.83. The van der Waals surface area contributed by atoms with Crippen molar-refractivity contribution in [1.29, 1.82) is 0 Å². The van der Waals surface area contributed by atoms with Gasteiger partial charge in [0.25, 0.3) is 0 Å². The smallest absolute Gasteiger partial charge is 0.156 e. The highest BCUT2D eigenvalue weighted by atomic mass is 32.1. The number of carbonyl (C=O) groups excluding carboxylic acids is 1. The first-order valence-electron chi connectivity index (χ1n) is 5.26. The standard InChI is InChI=1S/C13H16OS/c1-9-4-5-15-12(9)10-6-11(14)8-13(2,3)7-10/h4-6H,7-8H2,1-3H3. The maximum atomic E-state index is 11.6. The van der Waals surface area contributed by atoms with Crippen molar-refractivity contribution in [3.63, 3.8) is 0 Å². The van der Waals surface area contributed by atoms with Gasteiger partial charge >= 0.3 is 0 Å². The first-order chi connectivity index (χ1) is 6.98. The number of rotatable bonds is 1. The topological polar surface area (TPSA) is 17.1 Å². The highest BCUT2D eigenvalue weighted by molar-refractivity contribution is 7.11. The Labute approximate surface area is 94.8 Å². The summed E-state index contributed by atoms with van der Waals surface area (Å²) in [6, 6.07) is 2.12. The Hall–Kier alpha value is -0.890. The van der Waals surface area contributed by atoms with Gasteiger partial charge in [-0.2, -0.15) is 0 Å². The van der Waals surface area contributed by atoms with Gasteiger partial charge in [0.05, 0.1) is 0 Å². The van der Waals surface area contributed by atoms with E-state index in [9.17, 15) is 4.79 Å². The largest absolute Gasteiger partial charge is 0.295 e. The summed E-state index contributed by atoms with van der Waals surface area (Å²) in [5.74, 6) is 0.272. The first-order valence-corrected chi connectivity index (χ1v) is 6.14. The van der Waals surface area contributed by atoms with Crippen molar-refractivity contribution in [3.8, 4) is 0 Å². The summed E-state index contributed by atoms with van der Waals surface area (Å²) in [7, 11) is 0. The van der Waals surface area contributed by atoms with Gasteiger partial charge in [0, 0.05) is 11.3 Å². The molecule has 0 N–H and O–H groups in total. The van der Waals surface area contributed by atoms with Crippen molar-refractivity contribution in [1.82, 2.24) is 0 Å². The summed E-state index contributed by atoms with van der Waals surface area (Å²) in [6.07, 6.45) is 3.53. The average molecular weight is 220 g/mol. The number of hydrogen-bond acceptors (Lipinski definition) is 2. The summed E-state index contributed by atoms with van der Waals surface area (Å²) in [6.45, 7) is 6.44. The highest BCUT2D eigenvalue weighted by Gasteiger charge is 2.28. The molecule has 1 aromatic rings. The fourth-order valence-electron chi connectivity index (χ4n) is 2.19. The number of allylic oxidation sites excluding steroid dienone is 2. The fraction of sp³-hybridized carbons (Fsp3) is 0.462. The second-order valence-electron chi connectivity index (χ2n) is 5.09. The van der Waals surface area contributed by atoms with E-state index in [4.69, 9.17) is 0 Å². The van der Waals surface area contributed by atoms with Crippen LogP contribution in [0.1, 0.15) is 37.1 Å². The van der Waals surface area contributed by atoms with Crippen molar-refractivity contribution >= 4 is 22.7 Å². The molecule has 80 valence electrons. The number of aryl methyl sites for hydroxylation is 1. The first kappa shape index (κ1) is 10.6. The van der Waals surface area contributed by atoms with Gasteiger partial charge in [-0.25, -0.2) is 0 Å². The van der Waals surface area contributed by atoms with Crippen LogP contribution in [0.25, 0.3) is 5.57 Å². The quantitative estimate of drug-likeness (QED) is 0.703. The van der Waals surface area contributed by atoms with Crippen molar-refractivity contribution in [2.45, 2.75) is 33.6 Å². The summed E-state index contributed by atoms with van der Waals surface area (Å²) in [4.78, 5) is 12.9. The molecule has 2 heteroatoms. The van der Waals surface area contributed by atoms with Gasteiger partial charge in [0.15, 0.2) is 5.78 Å². The minimum atomic E-state index is 0.123. The Morgan fingerprint density at radius 2 is 2.07 bits per heavy atom. The van der Waals surface area contributed by atoms with Crippen LogP contribution in [0.5, 0.6) is 0 Å². The van der Waals surface area contributed by atoms with Crippen LogP contribution < -0.4 is 0 Å². The van der Waals surface area contributed by atoms with Gasteiger partial charge in [-0.05, 0) is 47.4 Å². The average Bonchev–Trinajstić information content (AvgIpc) is 2.47. The second-order valence-corrected chi connectivity index (χ2v) is 6.00. The molecule has 1 aromatic heterocycles. The Balaban J connectivity index is 2.38. The van der Waals surface area contributed by atoms with Crippen LogP contribution >= 0.6 is 11.3 Å². The summed E-state index contributed by atoms with van der Waals surface area (Å²) in [5.41, 5.74) is 2.64. The van der Waals surface area contributed by atoms with Crippen LogP contribution in [-0.2, 0) is 4.79 Å². The van der Waals surface area contributed by atoms with E-state index in [1.165, 1.54) is 16.0 Å². The molecular formula is C13H16OS. The van der Waals surface area contributed by atoms with Gasteiger partial charge < -0.3 is 0 Å². The van der Waals surface area contributed by atoms with Crippen LogP contribution in [0.2, 0.25) is 0 Å². The molecule has 0 radical (unpaired) electrons. The van der Waals surface area contributed by atoms with Crippen LogP contribution in [0.3, 0.4) is 0 Å². The van der Waals surface area contributed by atoms with Crippen LogP contribution in [0.4, 0.5) is 0 Å². The molecule has 0 fully saturated rings. The molecular weight excluding hydrogens is 204 g/mol. The molecule has 1 heterocycles. The maximum absolute atomic E-state index is 11.6. The molecule has 0 amide bonds. The lowest BCUT2D eigenvalue weighted by molar-refractivity contribution is -0.116. The molecule has 0 saturated heterocycles. The zero-order valence-corrected chi connectivity index (χ0v) is 10.3. The van der Waals surface area contributed by atoms with E-state index in [1.54, 1.807) is 11.3 Å². The van der Waals surface area contributed by atoms with Crippen molar-refractivity contribution in [2.75, 3.05) is 0 Å². The third-order valence-corrected chi connectivity index (χ3v) is 3.90. The lowest BCUT2D eigenvalue weighted by Crippen LogP contribution is -2.21. The number of ketones is 1. The Kier molecular flexibility index (Phi) is 2.55. The van der Waals surface area contributed by atoms with Crippen molar-refractivity contribution < 1.29 is 4.79 Å². The lowest BCUT2D eigenvalue weighted by Gasteiger charge is -2.28. The van der Waals surface area contributed by atoms with Gasteiger partial charge in [-0.3, -0.25) is 4.79 Å². The summed E-state index contributed by atoms with van der Waals surface area (Å²) < 4.78 is 0. The Morgan fingerprint density at radius 3 is 2.60 bits per heavy atom. The molecule has 0 spiro atoms. The molecule has 1 aliphatic rings. The number of thiophene rings is 1. The van der Waals surface area contributed by atoms with E-state index in [2.05, 4.69) is 32.2 Å². The van der Waals surface area contributed by atoms with Gasteiger partial charge in [0.2, 0.25) is 0 Å². The molecule has 15 heavy (non-hydrogen) atoms. The fourth-order valence-corrected chi connectivity index (χ4v) is 3.14. The van der Waals surface area contributed by atoms with E-state index in [-0.39, 0.29) is 11.2 Å². The molecule has 0 unspecified atom stereocenters. The third-order valence-electron chi connectivity index (χ3n) is 2.81. The van der Waals surface area contributed by atoms with Crippen LogP contribution in [0, 0.1) is 12.3 Å². The van der Waals surface area contributed by atoms with Crippen molar-refractivity contribution in [3.05, 3.63) is 28.0 Å². The predicted molar refractivity (Wildman–Crippen MR) is 65.1 cm³/mol. The van der Waals surface area contributed by atoms with Crippen LogP contribution in [0.15, 0.2) is 17.5 Å². The molecule has 0 atom stereocenters. The van der Waals surface area contributed by atoms with Crippen molar-refractivity contribution in [2.24, 2.45) is 5.41 Å². The van der Waals surface area contributed by atoms with E-state index in [1.807, 2.05) is 6.08 Å². The molecule has 0 aromatic carbocycles. The summed E-state index contributed by atoms with van der Waals surface area (Å²) >= 11 is 1.74. The molecule has 2 rings (SSSR count). The monoisotopic (exact) mass is 220 g/mol. The minimum absolute atomic E-state index is 0.123. The zero-order valence-electron chi connectivity index (χ0n) is 9.46. The highest BCUT2D eigenvalue weighted by Crippen LogP contribution is 2.40. The SMILES string of the molecule is Cc1ccsc1C1=CC(=O)CC(C)(C)C1. The van der Waals surface area contributed by atoms with Gasteiger partial charge in [-0.15, -0.1) is 11.3 Å². The van der Waals surface area contributed by atoms with Gasteiger partial charge in [-0.1, -0.05) is 13.8 Å². The van der Waals surface area contributed by atoms with E-state index in [0.29, 0.717) is 6.42 Å². The number of carbonyl (C=O) groups is 1.